The third-order valence-electron chi connectivity index (χ3n) is 2.73. The first-order valence-electron chi connectivity index (χ1n) is 5.90. The molecule has 0 amide bonds. The van der Waals surface area contributed by atoms with Gasteiger partial charge in [-0.05, 0) is 31.5 Å². The van der Waals surface area contributed by atoms with Crippen molar-refractivity contribution < 1.29 is 9.50 Å². The van der Waals surface area contributed by atoms with Crippen LogP contribution in [-0.4, -0.2) is 23.8 Å². The van der Waals surface area contributed by atoms with Gasteiger partial charge in [-0.2, -0.15) is 0 Å². The van der Waals surface area contributed by atoms with Crippen LogP contribution < -0.4 is 5.32 Å². The fraction of sp³-hybridized carbons (Fsp3) is 0.571. The molecule has 0 unspecified atom stereocenters. The van der Waals surface area contributed by atoms with Gasteiger partial charge in [0, 0.05) is 18.5 Å². The molecular formula is C14H22FNO. The van der Waals surface area contributed by atoms with Crippen molar-refractivity contribution in [3.8, 4) is 0 Å². The van der Waals surface area contributed by atoms with Crippen molar-refractivity contribution in [3.63, 3.8) is 0 Å². The molecule has 1 aromatic carbocycles. The lowest BCUT2D eigenvalue weighted by Crippen LogP contribution is -2.41. The first-order valence-corrected chi connectivity index (χ1v) is 5.90. The van der Waals surface area contributed by atoms with E-state index in [1.54, 1.807) is 26.0 Å². The van der Waals surface area contributed by atoms with E-state index in [1.807, 2.05) is 6.07 Å². The summed E-state index contributed by atoms with van der Waals surface area (Å²) in [5.41, 5.74) is 0.0755. The van der Waals surface area contributed by atoms with Crippen LogP contribution in [0.4, 0.5) is 4.39 Å². The topological polar surface area (TPSA) is 32.3 Å². The summed E-state index contributed by atoms with van der Waals surface area (Å²) in [6.45, 7) is 8.84. The van der Waals surface area contributed by atoms with E-state index >= 15 is 0 Å². The minimum atomic E-state index is -0.724. The second-order valence-electron chi connectivity index (χ2n) is 5.81. The van der Waals surface area contributed by atoms with Crippen LogP contribution in [0.2, 0.25) is 0 Å². The van der Waals surface area contributed by atoms with Gasteiger partial charge >= 0.3 is 0 Å². The summed E-state index contributed by atoms with van der Waals surface area (Å²) in [6, 6.07) is 6.66. The highest BCUT2D eigenvalue weighted by Crippen LogP contribution is 2.22. The molecule has 0 aliphatic rings. The molecule has 2 nitrogen and oxygen atoms in total. The monoisotopic (exact) mass is 239 g/mol. The van der Waals surface area contributed by atoms with Crippen molar-refractivity contribution in [3.05, 3.63) is 35.6 Å². The second-order valence-corrected chi connectivity index (χ2v) is 5.81. The zero-order valence-corrected chi connectivity index (χ0v) is 11.0. The van der Waals surface area contributed by atoms with Crippen LogP contribution >= 0.6 is 0 Å². The number of rotatable bonds is 5. The van der Waals surface area contributed by atoms with Crippen LogP contribution in [0, 0.1) is 5.82 Å². The molecule has 0 heterocycles. The van der Waals surface area contributed by atoms with E-state index in [4.69, 9.17) is 0 Å². The Labute approximate surface area is 103 Å². The average molecular weight is 239 g/mol. The Morgan fingerprint density at radius 3 is 2.35 bits per heavy atom. The molecule has 0 fully saturated rings. The van der Waals surface area contributed by atoms with Crippen LogP contribution in [0.25, 0.3) is 0 Å². The summed E-state index contributed by atoms with van der Waals surface area (Å²) >= 11 is 0. The SMILES string of the molecule is CC(C)(O)CNCC(C)(C)c1cccc(F)c1. The van der Waals surface area contributed by atoms with Gasteiger partial charge in [0.05, 0.1) is 5.60 Å². The van der Waals surface area contributed by atoms with Gasteiger partial charge in [-0.3, -0.25) is 0 Å². The van der Waals surface area contributed by atoms with E-state index in [-0.39, 0.29) is 11.2 Å². The van der Waals surface area contributed by atoms with Crippen LogP contribution in [0.1, 0.15) is 33.3 Å². The van der Waals surface area contributed by atoms with Gasteiger partial charge in [-0.25, -0.2) is 4.39 Å². The molecule has 0 bridgehead atoms. The van der Waals surface area contributed by atoms with Gasteiger partial charge in [0.15, 0.2) is 0 Å². The predicted octanol–water partition coefficient (Wildman–Crippen LogP) is 2.46. The fourth-order valence-corrected chi connectivity index (χ4v) is 1.69. The van der Waals surface area contributed by atoms with Gasteiger partial charge in [0.25, 0.3) is 0 Å². The molecule has 0 saturated carbocycles. The second kappa shape index (κ2) is 5.15. The van der Waals surface area contributed by atoms with Crippen molar-refractivity contribution in [2.75, 3.05) is 13.1 Å². The molecule has 0 aliphatic heterocycles. The summed E-state index contributed by atoms with van der Waals surface area (Å²) in [6.07, 6.45) is 0. The van der Waals surface area contributed by atoms with Gasteiger partial charge < -0.3 is 10.4 Å². The van der Waals surface area contributed by atoms with Crippen LogP contribution in [0.3, 0.4) is 0 Å². The molecule has 0 radical (unpaired) electrons. The summed E-state index contributed by atoms with van der Waals surface area (Å²) < 4.78 is 13.1. The molecule has 1 aromatic rings. The molecule has 1 rings (SSSR count). The Morgan fingerprint density at radius 1 is 1.18 bits per heavy atom. The highest BCUT2D eigenvalue weighted by atomic mass is 19.1. The van der Waals surface area contributed by atoms with Crippen LogP contribution in [0.5, 0.6) is 0 Å². The van der Waals surface area contributed by atoms with Gasteiger partial charge in [-0.15, -0.1) is 0 Å². The third kappa shape index (κ3) is 4.84. The van der Waals surface area contributed by atoms with Crippen molar-refractivity contribution in [1.82, 2.24) is 5.32 Å². The minimum absolute atomic E-state index is 0.159. The number of halogens is 1. The van der Waals surface area contributed by atoms with Crippen LogP contribution in [-0.2, 0) is 5.41 Å². The fourth-order valence-electron chi connectivity index (χ4n) is 1.69. The molecule has 2 N–H and O–H groups in total. The molecule has 3 heteroatoms. The quantitative estimate of drug-likeness (QED) is 0.827. The van der Waals surface area contributed by atoms with Crippen molar-refractivity contribution in [2.45, 2.75) is 38.7 Å². The number of hydrogen-bond acceptors (Lipinski definition) is 2. The highest BCUT2D eigenvalue weighted by Gasteiger charge is 2.22. The van der Waals surface area contributed by atoms with E-state index in [0.29, 0.717) is 13.1 Å². The lowest BCUT2D eigenvalue weighted by Gasteiger charge is -2.28. The van der Waals surface area contributed by atoms with E-state index in [1.165, 1.54) is 6.07 Å². The molecule has 0 saturated heterocycles. The molecule has 17 heavy (non-hydrogen) atoms. The van der Waals surface area contributed by atoms with Gasteiger partial charge in [-0.1, -0.05) is 26.0 Å². The Hall–Kier alpha value is -0.930. The first kappa shape index (κ1) is 14.1. The molecule has 96 valence electrons. The van der Waals surface area contributed by atoms with Crippen molar-refractivity contribution in [2.24, 2.45) is 0 Å². The largest absolute Gasteiger partial charge is 0.389 e. The summed E-state index contributed by atoms with van der Waals surface area (Å²) in [7, 11) is 0. The Bertz CT molecular complexity index is 369. The zero-order valence-electron chi connectivity index (χ0n) is 11.0. The number of nitrogens with one attached hydrogen (secondary N) is 1. The maximum absolute atomic E-state index is 13.1. The van der Waals surface area contributed by atoms with Crippen LogP contribution in [0.15, 0.2) is 24.3 Å². The average Bonchev–Trinajstić information content (AvgIpc) is 2.15. The molecule has 0 aliphatic carbocycles. The summed E-state index contributed by atoms with van der Waals surface area (Å²) in [4.78, 5) is 0. The standard InChI is InChI=1S/C14H22FNO/c1-13(2,9-16-10-14(3,4)17)11-6-5-7-12(15)8-11/h5-8,16-17H,9-10H2,1-4H3. The number of aliphatic hydroxyl groups is 1. The van der Waals surface area contributed by atoms with Gasteiger partial charge in [0.1, 0.15) is 5.82 Å². The van der Waals surface area contributed by atoms with Gasteiger partial charge in [0.2, 0.25) is 0 Å². The smallest absolute Gasteiger partial charge is 0.123 e. The maximum Gasteiger partial charge on any atom is 0.123 e. The van der Waals surface area contributed by atoms with Crippen molar-refractivity contribution in [1.29, 1.82) is 0 Å². The third-order valence-corrected chi connectivity index (χ3v) is 2.73. The van der Waals surface area contributed by atoms with Crippen molar-refractivity contribution >= 4 is 0 Å². The molecule has 0 aromatic heterocycles. The summed E-state index contributed by atoms with van der Waals surface area (Å²) in [5.74, 6) is -0.210. The van der Waals surface area contributed by atoms with E-state index in [0.717, 1.165) is 5.56 Å². The number of hydrogen-bond donors (Lipinski definition) is 2. The maximum atomic E-state index is 13.1. The molecule has 0 spiro atoms. The van der Waals surface area contributed by atoms with E-state index in [2.05, 4.69) is 19.2 Å². The normalized spacial score (nSPS) is 12.8. The zero-order chi connectivity index (χ0) is 13.1. The molecular weight excluding hydrogens is 217 g/mol. The lowest BCUT2D eigenvalue weighted by molar-refractivity contribution is 0.0785. The Kier molecular flexibility index (Phi) is 4.28. The predicted molar refractivity (Wildman–Crippen MR) is 68.6 cm³/mol. The highest BCUT2D eigenvalue weighted by molar-refractivity contribution is 5.24. The van der Waals surface area contributed by atoms with E-state index in [9.17, 15) is 9.50 Å². The minimum Gasteiger partial charge on any atom is -0.389 e. The molecule has 0 atom stereocenters. The van der Waals surface area contributed by atoms with E-state index < -0.39 is 5.60 Å². The first-order chi connectivity index (χ1) is 7.71. The Morgan fingerprint density at radius 2 is 1.82 bits per heavy atom. The Balaban J connectivity index is 2.62. The summed E-state index contributed by atoms with van der Waals surface area (Å²) in [5, 5.41) is 12.8. The lowest BCUT2D eigenvalue weighted by atomic mass is 9.84. The number of benzene rings is 1.